The van der Waals surface area contributed by atoms with Gasteiger partial charge in [-0.25, -0.2) is 0 Å². The molecule has 1 amide bonds. The molecule has 0 spiro atoms. The number of aryl methyl sites for hydroxylation is 2. The predicted octanol–water partition coefficient (Wildman–Crippen LogP) is 2.66. The second-order valence-electron chi connectivity index (χ2n) is 6.53. The molecular weight excluding hydrogens is 308 g/mol. The van der Waals surface area contributed by atoms with Crippen LogP contribution in [0.5, 0.6) is 11.5 Å². The van der Waals surface area contributed by atoms with Crippen molar-refractivity contribution in [2.24, 2.45) is 0 Å². The summed E-state index contributed by atoms with van der Waals surface area (Å²) in [5.74, 6) is 2.06. The Balaban J connectivity index is 1.71. The molecule has 0 aliphatic carbocycles. The van der Waals surface area contributed by atoms with Crippen LogP contribution in [0.15, 0.2) is 22.7 Å². The molecule has 24 heavy (non-hydrogen) atoms. The lowest BCUT2D eigenvalue weighted by molar-refractivity contribution is -0.122. The lowest BCUT2D eigenvalue weighted by Crippen LogP contribution is -2.42. The average Bonchev–Trinajstić information content (AvgIpc) is 2.86. The maximum atomic E-state index is 12.5. The Morgan fingerprint density at radius 2 is 1.92 bits per heavy atom. The summed E-state index contributed by atoms with van der Waals surface area (Å²) in [6.07, 6.45) is 0.267. The van der Waals surface area contributed by atoms with Crippen molar-refractivity contribution in [2.75, 3.05) is 13.2 Å². The minimum Gasteiger partial charge on any atom is -0.486 e. The molecular formula is C18H22N2O4. The number of amides is 1. The maximum absolute atomic E-state index is 12.5. The topological polar surface area (TPSA) is 73.6 Å². The number of nitrogens with zero attached hydrogens (tertiary/aromatic N) is 1. The quantitative estimate of drug-likeness (QED) is 0.933. The van der Waals surface area contributed by atoms with Gasteiger partial charge in [0.25, 0.3) is 0 Å². The SMILES string of the molecule is Cc1noc(C)c1C(C)(C)NC(=O)Cc1ccc2c(c1)OCCO2. The zero-order valence-electron chi connectivity index (χ0n) is 14.4. The average molecular weight is 330 g/mol. The highest BCUT2D eigenvalue weighted by Crippen LogP contribution is 2.31. The number of rotatable bonds is 4. The zero-order chi connectivity index (χ0) is 17.3. The molecule has 0 fully saturated rings. The summed E-state index contributed by atoms with van der Waals surface area (Å²) in [4.78, 5) is 12.5. The van der Waals surface area contributed by atoms with Crippen LogP contribution in [-0.4, -0.2) is 24.3 Å². The monoisotopic (exact) mass is 330 g/mol. The molecule has 3 rings (SSSR count). The molecule has 0 saturated heterocycles. The van der Waals surface area contributed by atoms with Gasteiger partial charge < -0.3 is 19.3 Å². The zero-order valence-corrected chi connectivity index (χ0v) is 14.4. The van der Waals surface area contributed by atoms with E-state index in [1.807, 2.05) is 45.9 Å². The van der Waals surface area contributed by atoms with E-state index >= 15 is 0 Å². The number of aromatic nitrogens is 1. The number of hydrogen-bond acceptors (Lipinski definition) is 5. The molecule has 1 aromatic heterocycles. The molecule has 128 valence electrons. The van der Waals surface area contributed by atoms with Gasteiger partial charge in [-0.3, -0.25) is 4.79 Å². The Hall–Kier alpha value is -2.50. The highest BCUT2D eigenvalue weighted by molar-refractivity contribution is 5.79. The minimum atomic E-state index is -0.556. The second kappa shape index (κ2) is 6.19. The first-order valence-electron chi connectivity index (χ1n) is 8.00. The van der Waals surface area contributed by atoms with Crippen molar-refractivity contribution < 1.29 is 18.8 Å². The summed E-state index contributed by atoms with van der Waals surface area (Å²) in [5, 5.41) is 7.02. The molecule has 1 N–H and O–H groups in total. The van der Waals surface area contributed by atoms with Crippen LogP contribution in [0.25, 0.3) is 0 Å². The van der Waals surface area contributed by atoms with Crippen molar-refractivity contribution in [3.63, 3.8) is 0 Å². The third-order valence-corrected chi connectivity index (χ3v) is 4.08. The van der Waals surface area contributed by atoms with Crippen LogP contribution in [0, 0.1) is 13.8 Å². The van der Waals surface area contributed by atoms with Crippen molar-refractivity contribution in [2.45, 2.75) is 39.7 Å². The first-order chi connectivity index (χ1) is 11.4. The summed E-state index contributed by atoms with van der Waals surface area (Å²) >= 11 is 0. The lowest BCUT2D eigenvalue weighted by Gasteiger charge is -2.26. The van der Waals surface area contributed by atoms with Gasteiger partial charge in [-0.1, -0.05) is 11.2 Å². The van der Waals surface area contributed by atoms with E-state index in [9.17, 15) is 4.79 Å². The van der Waals surface area contributed by atoms with Gasteiger partial charge in [-0.05, 0) is 45.4 Å². The third kappa shape index (κ3) is 3.22. The maximum Gasteiger partial charge on any atom is 0.225 e. The van der Waals surface area contributed by atoms with Crippen molar-refractivity contribution in [1.82, 2.24) is 10.5 Å². The van der Waals surface area contributed by atoms with Crippen molar-refractivity contribution in [1.29, 1.82) is 0 Å². The van der Waals surface area contributed by atoms with Crippen LogP contribution in [-0.2, 0) is 16.8 Å². The molecule has 0 atom stereocenters. The summed E-state index contributed by atoms with van der Waals surface area (Å²) < 4.78 is 16.3. The summed E-state index contributed by atoms with van der Waals surface area (Å²) in [5.41, 5.74) is 2.03. The minimum absolute atomic E-state index is 0.0725. The number of fused-ring (bicyclic) bond motifs is 1. The highest BCUT2D eigenvalue weighted by Gasteiger charge is 2.29. The van der Waals surface area contributed by atoms with E-state index in [-0.39, 0.29) is 12.3 Å². The number of benzene rings is 1. The smallest absolute Gasteiger partial charge is 0.225 e. The first-order valence-corrected chi connectivity index (χ1v) is 8.00. The Morgan fingerprint density at radius 3 is 2.58 bits per heavy atom. The molecule has 0 unspecified atom stereocenters. The first kappa shape index (κ1) is 16.4. The molecule has 2 heterocycles. The Kier molecular flexibility index (Phi) is 4.22. The van der Waals surface area contributed by atoms with Gasteiger partial charge in [0.15, 0.2) is 11.5 Å². The van der Waals surface area contributed by atoms with Gasteiger partial charge in [0.05, 0.1) is 17.7 Å². The fourth-order valence-corrected chi connectivity index (χ4v) is 3.21. The van der Waals surface area contributed by atoms with Crippen LogP contribution < -0.4 is 14.8 Å². The number of nitrogens with one attached hydrogen (secondary N) is 1. The van der Waals surface area contributed by atoms with E-state index in [4.69, 9.17) is 14.0 Å². The number of carbonyl (C=O) groups excluding carboxylic acids is 1. The van der Waals surface area contributed by atoms with E-state index in [1.165, 1.54) is 0 Å². The van der Waals surface area contributed by atoms with Crippen LogP contribution in [0.4, 0.5) is 0 Å². The molecule has 6 nitrogen and oxygen atoms in total. The molecule has 6 heteroatoms. The van der Waals surface area contributed by atoms with E-state index in [2.05, 4.69) is 10.5 Å². The van der Waals surface area contributed by atoms with Crippen molar-refractivity contribution >= 4 is 5.91 Å². The Morgan fingerprint density at radius 1 is 1.21 bits per heavy atom. The van der Waals surface area contributed by atoms with Crippen LogP contribution >= 0.6 is 0 Å². The molecule has 1 aromatic carbocycles. The number of carbonyl (C=O) groups is 1. The predicted molar refractivity (Wildman–Crippen MR) is 88.3 cm³/mol. The van der Waals surface area contributed by atoms with E-state index in [0.717, 1.165) is 28.3 Å². The van der Waals surface area contributed by atoms with Gasteiger partial charge in [0, 0.05) is 5.56 Å². The molecule has 1 aliphatic heterocycles. The Labute approximate surface area is 141 Å². The fraction of sp³-hybridized carbons (Fsp3) is 0.444. The highest BCUT2D eigenvalue weighted by atomic mass is 16.6. The standard InChI is InChI=1S/C18H22N2O4/c1-11-17(12(2)24-20-11)18(3,4)19-16(21)10-13-5-6-14-15(9-13)23-8-7-22-14/h5-6,9H,7-8,10H2,1-4H3,(H,19,21). The van der Waals surface area contributed by atoms with Gasteiger partial charge in [0.1, 0.15) is 19.0 Å². The summed E-state index contributed by atoms with van der Waals surface area (Å²) in [6, 6.07) is 5.59. The van der Waals surface area contributed by atoms with E-state index < -0.39 is 5.54 Å². The van der Waals surface area contributed by atoms with Crippen molar-refractivity contribution in [3.8, 4) is 11.5 Å². The normalized spacial score (nSPS) is 13.7. The third-order valence-electron chi connectivity index (χ3n) is 4.08. The summed E-state index contributed by atoms with van der Waals surface area (Å²) in [6.45, 7) is 8.70. The second-order valence-corrected chi connectivity index (χ2v) is 6.53. The van der Waals surface area contributed by atoms with Crippen LogP contribution in [0.3, 0.4) is 0 Å². The van der Waals surface area contributed by atoms with Crippen LogP contribution in [0.2, 0.25) is 0 Å². The molecule has 0 radical (unpaired) electrons. The van der Waals surface area contributed by atoms with Crippen LogP contribution in [0.1, 0.15) is 36.4 Å². The van der Waals surface area contributed by atoms with Crippen molar-refractivity contribution in [3.05, 3.63) is 40.8 Å². The van der Waals surface area contributed by atoms with Gasteiger partial charge in [-0.2, -0.15) is 0 Å². The lowest BCUT2D eigenvalue weighted by atomic mass is 9.92. The Bertz CT molecular complexity index is 745. The number of hydrogen-bond donors (Lipinski definition) is 1. The van der Waals surface area contributed by atoms with Gasteiger partial charge in [-0.15, -0.1) is 0 Å². The van der Waals surface area contributed by atoms with Gasteiger partial charge >= 0.3 is 0 Å². The van der Waals surface area contributed by atoms with Gasteiger partial charge in [0.2, 0.25) is 5.91 Å². The summed E-state index contributed by atoms with van der Waals surface area (Å²) in [7, 11) is 0. The number of ether oxygens (including phenoxy) is 2. The molecule has 0 bridgehead atoms. The fourth-order valence-electron chi connectivity index (χ4n) is 3.21. The van der Waals surface area contributed by atoms with E-state index in [0.29, 0.717) is 19.0 Å². The molecule has 1 aliphatic rings. The molecule has 2 aromatic rings. The van der Waals surface area contributed by atoms with E-state index in [1.54, 1.807) is 0 Å². The molecule has 0 saturated carbocycles. The largest absolute Gasteiger partial charge is 0.486 e.